The minimum atomic E-state index is -0.839. The van der Waals surface area contributed by atoms with Crippen molar-refractivity contribution < 1.29 is 18.7 Å². The highest BCUT2D eigenvalue weighted by Crippen LogP contribution is 2.29. The third-order valence-corrected chi connectivity index (χ3v) is 2.59. The lowest BCUT2D eigenvalue weighted by atomic mass is 10.1. The van der Waals surface area contributed by atoms with Gasteiger partial charge in [-0.3, -0.25) is 4.79 Å². The molecule has 0 aliphatic carbocycles. The van der Waals surface area contributed by atoms with Crippen LogP contribution in [0.25, 0.3) is 0 Å². The maximum absolute atomic E-state index is 13.5. The van der Waals surface area contributed by atoms with E-state index in [1.165, 1.54) is 19.2 Å². The molecule has 0 aliphatic heterocycles. The molecule has 0 radical (unpaired) electrons. The molecule has 4 nitrogen and oxygen atoms in total. The summed E-state index contributed by atoms with van der Waals surface area (Å²) in [6.45, 7) is 1.94. The smallest absolute Gasteiger partial charge is 0.323 e. The Hall–Kier alpha value is -1.33. The highest BCUT2D eigenvalue weighted by molar-refractivity contribution is 6.32. The van der Waals surface area contributed by atoms with E-state index >= 15 is 0 Å². The van der Waals surface area contributed by atoms with Gasteiger partial charge in [0.25, 0.3) is 0 Å². The summed E-state index contributed by atoms with van der Waals surface area (Å²) in [6.07, 6.45) is 0.152. The lowest BCUT2D eigenvalue weighted by Crippen LogP contribution is -2.34. The van der Waals surface area contributed by atoms with Gasteiger partial charge in [0, 0.05) is 0 Å². The van der Waals surface area contributed by atoms with Gasteiger partial charge < -0.3 is 15.2 Å². The Morgan fingerprint density at radius 2 is 2.22 bits per heavy atom. The van der Waals surface area contributed by atoms with Crippen LogP contribution in [0.5, 0.6) is 5.75 Å². The minimum absolute atomic E-state index is 0.0230. The van der Waals surface area contributed by atoms with E-state index in [-0.39, 0.29) is 23.8 Å². The molecule has 0 aromatic heterocycles. The van der Waals surface area contributed by atoms with Gasteiger partial charge in [0.05, 0.1) is 18.7 Å². The van der Waals surface area contributed by atoms with Crippen LogP contribution in [0.1, 0.15) is 12.5 Å². The first-order valence-electron chi connectivity index (χ1n) is 5.43. The molecule has 1 aromatic rings. The predicted molar refractivity (Wildman–Crippen MR) is 66.3 cm³/mol. The van der Waals surface area contributed by atoms with Crippen molar-refractivity contribution in [2.75, 3.05) is 13.7 Å². The molecular formula is C12H15ClFNO3. The summed E-state index contributed by atoms with van der Waals surface area (Å²) in [4.78, 5) is 11.3. The largest absolute Gasteiger partial charge is 0.492 e. The van der Waals surface area contributed by atoms with Crippen LogP contribution in [0.15, 0.2) is 12.1 Å². The molecule has 18 heavy (non-hydrogen) atoms. The van der Waals surface area contributed by atoms with E-state index in [0.717, 1.165) is 0 Å². The second-order valence-corrected chi connectivity index (χ2v) is 4.06. The van der Waals surface area contributed by atoms with Gasteiger partial charge in [0.15, 0.2) is 11.6 Å². The second-order valence-electron chi connectivity index (χ2n) is 3.66. The molecule has 1 rings (SSSR count). The lowest BCUT2D eigenvalue weighted by Gasteiger charge is -2.12. The number of rotatable bonds is 5. The average molecular weight is 276 g/mol. The molecular weight excluding hydrogens is 261 g/mol. The normalized spacial score (nSPS) is 12.1. The second kappa shape index (κ2) is 6.56. The Morgan fingerprint density at radius 3 is 2.72 bits per heavy atom. The van der Waals surface area contributed by atoms with Crippen LogP contribution >= 0.6 is 11.6 Å². The number of hydrogen-bond acceptors (Lipinski definition) is 4. The number of halogens is 2. The van der Waals surface area contributed by atoms with Crippen LogP contribution in [-0.2, 0) is 16.0 Å². The zero-order valence-corrected chi connectivity index (χ0v) is 11.0. The molecule has 100 valence electrons. The van der Waals surface area contributed by atoms with Crippen LogP contribution < -0.4 is 10.5 Å². The molecule has 0 fully saturated rings. The molecule has 0 aliphatic rings. The van der Waals surface area contributed by atoms with Gasteiger partial charge in [-0.25, -0.2) is 4.39 Å². The summed E-state index contributed by atoms with van der Waals surface area (Å²) in [7, 11) is 1.33. The minimum Gasteiger partial charge on any atom is -0.492 e. The first-order valence-corrected chi connectivity index (χ1v) is 5.81. The van der Waals surface area contributed by atoms with Crippen molar-refractivity contribution >= 4 is 17.6 Å². The van der Waals surface area contributed by atoms with Gasteiger partial charge in [-0.15, -0.1) is 0 Å². The van der Waals surface area contributed by atoms with E-state index in [2.05, 4.69) is 0 Å². The standard InChI is InChI=1S/C12H15ClFNO3/c1-3-18-12(16)10(15)6-7-4-8(13)11(17-2)9(14)5-7/h4-5,10H,3,6,15H2,1-2H3. The number of carbonyl (C=O) groups is 1. The van der Waals surface area contributed by atoms with Crippen molar-refractivity contribution in [1.29, 1.82) is 0 Å². The van der Waals surface area contributed by atoms with Gasteiger partial charge in [-0.2, -0.15) is 0 Å². The fraction of sp³-hybridized carbons (Fsp3) is 0.417. The molecule has 1 aromatic carbocycles. The van der Waals surface area contributed by atoms with Crippen molar-refractivity contribution in [1.82, 2.24) is 0 Å². The van der Waals surface area contributed by atoms with Gasteiger partial charge in [0.1, 0.15) is 6.04 Å². The third-order valence-electron chi connectivity index (χ3n) is 2.31. The van der Waals surface area contributed by atoms with Crippen LogP contribution in [0, 0.1) is 5.82 Å². The zero-order valence-electron chi connectivity index (χ0n) is 10.2. The number of benzene rings is 1. The monoisotopic (exact) mass is 275 g/mol. The quantitative estimate of drug-likeness (QED) is 0.834. The average Bonchev–Trinajstić information content (AvgIpc) is 2.28. The lowest BCUT2D eigenvalue weighted by molar-refractivity contribution is -0.144. The summed E-state index contributed by atoms with van der Waals surface area (Å²) in [5.41, 5.74) is 6.15. The number of methoxy groups -OCH3 is 1. The molecule has 0 amide bonds. The van der Waals surface area contributed by atoms with Gasteiger partial charge in [0.2, 0.25) is 0 Å². The molecule has 0 heterocycles. The summed E-state index contributed by atoms with van der Waals surface area (Å²) in [6, 6.07) is 1.92. The van der Waals surface area contributed by atoms with Crippen molar-refractivity contribution in [2.24, 2.45) is 5.73 Å². The molecule has 0 saturated carbocycles. The van der Waals surface area contributed by atoms with E-state index in [1.54, 1.807) is 6.92 Å². The predicted octanol–water partition coefficient (Wildman–Crippen LogP) is 1.92. The van der Waals surface area contributed by atoms with E-state index in [1.807, 2.05) is 0 Å². The highest BCUT2D eigenvalue weighted by atomic mass is 35.5. The summed E-state index contributed by atoms with van der Waals surface area (Å²) in [5.74, 6) is -1.13. The first-order chi connectivity index (χ1) is 8.49. The number of ether oxygens (including phenoxy) is 2. The summed E-state index contributed by atoms with van der Waals surface area (Å²) in [5, 5.41) is 0.142. The van der Waals surface area contributed by atoms with Crippen LogP contribution in [0.3, 0.4) is 0 Å². The Kier molecular flexibility index (Phi) is 5.37. The molecule has 1 atom stereocenters. The van der Waals surface area contributed by atoms with Crippen molar-refractivity contribution in [3.8, 4) is 5.75 Å². The SMILES string of the molecule is CCOC(=O)C(N)Cc1cc(F)c(OC)c(Cl)c1. The Balaban J connectivity index is 2.83. The topological polar surface area (TPSA) is 61.5 Å². The summed E-state index contributed by atoms with van der Waals surface area (Å²) >= 11 is 5.84. The van der Waals surface area contributed by atoms with Gasteiger partial charge in [-0.1, -0.05) is 11.6 Å². The van der Waals surface area contributed by atoms with E-state index in [9.17, 15) is 9.18 Å². The first kappa shape index (κ1) is 14.7. The molecule has 0 spiro atoms. The number of esters is 1. The molecule has 0 saturated heterocycles. The maximum atomic E-state index is 13.5. The molecule has 0 bridgehead atoms. The van der Waals surface area contributed by atoms with Gasteiger partial charge >= 0.3 is 5.97 Å². The molecule has 6 heteroatoms. The fourth-order valence-corrected chi connectivity index (χ4v) is 1.82. The highest BCUT2D eigenvalue weighted by Gasteiger charge is 2.17. The van der Waals surface area contributed by atoms with Crippen LogP contribution in [-0.4, -0.2) is 25.7 Å². The van der Waals surface area contributed by atoms with Gasteiger partial charge in [-0.05, 0) is 31.0 Å². The van der Waals surface area contributed by atoms with E-state index in [0.29, 0.717) is 5.56 Å². The summed E-state index contributed by atoms with van der Waals surface area (Å²) < 4.78 is 23.1. The van der Waals surface area contributed by atoms with Crippen molar-refractivity contribution in [3.05, 3.63) is 28.5 Å². The number of carbonyl (C=O) groups excluding carboxylic acids is 1. The Morgan fingerprint density at radius 1 is 1.56 bits per heavy atom. The zero-order chi connectivity index (χ0) is 13.7. The van der Waals surface area contributed by atoms with Crippen molar-refractivity contribution in [3.63, 3.8) is 0 Å². The Bertz CT molecular complexity index is 416. The van der Waals surface area contributed by atoms with Crippen LogP contribution in [0.4, 0.5) is 4.39 Å². The maximum Gasteiger partial charge on any atom is 0.323 e. The Labute approximate surface area is 110 Å². The van der Waals surface area contributed by atoms with E-state index in [4.69, 9.17) is 26.8 Å². The molecule has 2 N–H and O–H groups in total. The van der Waals surface area contributed by atoms with Crippen molar-refractivity contribution in [2.45, 2.75) is 19.4 Å². The number of nitrogens with two attached hydrogens (primary N) is 1. The fourth-order valence-electron chi connectivity index (χ4n) is 1.51. The molecule has 1 unspecified atom stereocenters. The number of hydrogen-bond donors (Lipinski definition) is 1. The van der Waals surface area contributed by atoms with E-state index < -0.39 is 17.8 Å². The third kappa shape index (κ3) is 3.58. The van der Waals surface area contributed by atoms with Crippen LogP contribution in [0.2, 0.25) is 5.02 Å².